The summed E-state index contributed by atoms with van der Waals surface area (Å²) in [7, 11) is 0. The lowest BCUT2D eigenvalue weighted by Gasteiger charge is -2.22. The normalized spacial score (nSPS) is 16.1. The minimum Gasteiger partial charge on any atom is -0.461 e. The number of halogens is 1. The average Bonchev–Trinajstić information content (AvgIpc) is 2.42. The van der Waals surface area contributed by atoms with Crippen LogP contribution in [0.4, 0.5) is 5.95 Å². The van der Waals surface area contributed by atoms with Gasteiger partial charge in [-0.3, -0.25) is 0 Å². The smallest absolute Gasteiger partial charge is 0.358 e. The van der Waals surface area contributed by atoms with Gasteiger partial charge in [-0.2, -0.15) is 0 Å². The maximum atomic E-state index is 11.7. The van der Waals surface area contributed by atoms with E-state index in [0.29, 0.717) is 18.6 Å². The molecule has 19 heavy (non-hydrogen) atoms. The van der Waals surface area contributed by atoms with E-state index >= 15 is 0 Å². The second-order valence-corrected chi connectivity index (χ2v) is 5.00. The van der Waals surface area contributed by atoms with Gasteiger partial charge in [0.25, 0.3) is 0 Å². The zero-order valence-corrected chi connectivity index (χ0v) is 11.7. The highest BCUT2D eigenvalue weighted by molar-refractivity contribution is 6.33. The molecule has 0 amide bonds. The number of anilines is 1. The Morgan fingerprint density at radius 3 is 2.89 bits per heavy atom. The molecule has 0 bridgehead atoms. The molecular weight excluding hydrogens is 266 g/mol. The summed E-state index contributed by atoms with van der Waals surface area (Å²) < 4.78 is 4.91. The van der Waals surface area contributed by atoms with Crippen LogP contribution in [0, 0.1) is 0 Å². The van der Waals surface area contributed by atoms with Crippen molar-refractivity contribution in [2.45, 2.75) is 45.1 Å². The van der Waals surface area contributed by atoms with Gasteiger partial charge in [0.2, 0.25) is 5.95 Å². The van der Waals surface area contributed by atoms with E-state index in [9.17, 15) is 4.79 Å². The fraction of sp³-hybridized carbons (Fsp3) is 0.615. The standard InChI is InChI=1S/C13H18ClN3O2/c1-2-19-12(18)11-10(14)8-15-13(17-11)16-9-6-4-3-5-7-9/h8-9H,2-7H2,1H3,(H,15,16,17). The minimum absolute atomic E-state index is 0.122. The maximum absolute atomic E-state index is 11.7. The Kier molecular flexibility index (Phi) is 4.96. The zero-order valence-electron chi connectivity index (χ0n) is 11.0. The highest BCUT2D eigenvalue weighted by atomic mass is 35.5. The third-order valence-corrected chi connectivity index (χ3v) is 3.43. The summed E-state index contributed by atoms with van der Waals surface area (Å²) in [5.74, 6) is -0.0686. The highest BCUT2D eigenvalue weighted by Gasteiger charge is 2.18. The van der Waals surface area contributed by atoms with Gasteiger partial charge in [-0.1, -0.05) is 30.9 Å². The predicted octanol–water partition coefficient (Wildman–Crippen LogP) is 3.05. The third-order valence-electron chi connectivity index (χ3n) is 3.15. The van der Waals surface area contributed by atoms with Gasteiger partial charge in [-0.25, -0.2) is 14.8 Å². The first-order valence-corrected chi connectivity index (χ1v) is 7.04. The zero-order chi connectivity index (χ0) is 13.7. The van der Waals surface area contributed by atoms with E-state index in [-0.39, 0.29) is 10.7 Å². The molecule has 0 spiro atoms. The number of esters is 1. The van der Waals surface area contributed by atoms with Crippen molar-refractivity contribution >= 4 is 23.5 Å². The quantitative estimate of drug-likeness (QED) is 0.861. The molecule has 2 rings (SSSR count). The van der Waals surface area contributed by atoms with E-state index in [1.165, 1.54) is 25.5 Å². The van der Waals surface area contributed by atoms with Crippen LogP contribution in [-0.4, -0.2) is 28.6 Å². The van der Waals surface area contributed by atoms with Crippen molar-refractivity contribution in [3.63, 3.8) is 0 Å². The van der Waals surface area contributed by atoms with Gasteiger partial charge < -0.3 is 10.1 Å². The number of ether oxygens (including phenoxy) is 1. The number of nitrogens with zero attached hydrogens (tertiary/aromatic N) is 2. The van der Waals surface area contributed by atoms with Gasteiger partial charge in [0, 0.05) is 6.04 Å². The molecule has 0 aliphatic heterocycles. The molecule has 1 N–H and O–H groups in total. The number of carbonyl (C=O) groups is 1. The van der Waals surface area contributed by atoms with E-state index in [2.05, 4.69) is 15.3 Å². The molecule has 1 aliphatic rings. The van der Waals surface area contributed by atoms with Crippen molar-refractivity contribution in [2.75, 3.05) is 11.9 Å². The van der Waals surface area contributed by atoms with Crippen LogP contribution in [0.3, 0.4) is 0 Å². The fourth-order valence-corrected chi connectivity index (χ4v) is 2.38. The van der Waals surface area contributed by atoms with Crippen LogP contribution in [0.5, 0.6) is 0 Å². The molecule has 6 heteroatoms. The van der Waals surface area contributed by atoms with Crippen molar-refractivity contribution in [1.82, 2.24) is 9.97 Å². The lowest BCUT2D eigenvalue weighted by molar-refractivity contribution is 0.0519. The number of rotatable bonds is 4. The minimum atomic E-state index is -0.512. The average molecular weight is 284 g/mol. The molecule has 104 valence electrons. The van der Waals surface area contributed by atoms with E-state index < -0.39 is 5.97 Å². The topological polar surface area (TPSA) is 64.1 Å². The van der Waals surface area contributed by atoms with Gasteiger partial charge in [0.1, 0.15) is 0 Å². The summed E-state index contributed by atoms with van der Waals surface area (Å²) in [5.41, 5.74) is 0.122. The summed E-state index contributed by atoms with van der Waals surface area (Å²) in [6.07, 6.45) is 7.38. The lowest BCUT2D eigenvalue weighted by atomic mass is 9.96. The van der Waals surface area contributed by atoms with E-state index in [1.807, 2.05) is 0 Å². The van der Waals surface area contributed by atoms with E-state index in [4.69, 9.17) is 16.3 Å². The van der Waals surface area contributed by atoms with Crippen LogP contribution in [0.25, 0.3) is 0 Å². The van der Waals surface area contributed by atoms with Crippen LogP contribution < -0.4 is 5.32 Å². The molecule has 1 saturated carbocycles. The number of carbonyl (C=O) groups excluding carboxylic acids is 1. The van der Waals surface area contributed by atoms with E-state index in [1.54, 1.807) is 6.92 Å². The first-order valence-electron chi connectivity index (χ1n) is 6.67. The first-order chi connectivity index (χ1) is 9.20. The van der Waals surface area contributed by atoms with Crippen LogP contribution in [0.15, 0.2) is 6.20 Å². The number of hydrogen-bond donors (Lipinski definition) is 1. The molecule has 1 aromatic rings. The summed E-state index contributed by atoms with van der Waals surface area (Å²) in [6.45, 7) is 2.04. The number of hydrogen-bond acceptors (Lipinski definition) is 5. The molecular formula is C13H18ClN3O2. The SMILES string of the molecule is CCOC(=O)c1nc(NC2CCCCC2)ncc1Cl. The first kappa shape index (κ1) is 14.1. The molecule has 1 aromatic heterocycles. The van der Waals surface area contributed by atoms with Crippen molar-refractivity contribution < 1.29 is 9.53 Å². The lowest BCUT2D eigenvalue weighted by Crippen LogP contribution is -2.24. The second-order valence-electron chi connectivity index (χ2n) is 4.59. The van der Waals surface area contributed by atoms with Gasteiger partial charge in [0.05, 0.1) is 17.8 Å². The second kappa shape index (κ2) is 6.70. The molecule has 1 heterocycles. The Bertz CT molecular complexity index is 448. The van der Waals surface area contributed by atoms with Gasteiger partial charge in [0.15, 0.2) is 5.69 Å². The molecule has 0 aromatic carbocycles. The fourth-order valence-electron chi connectivity index (χ4n) is 2.21. The van der Waals surface area contributed by atoms with E-state index in [0.717, 1.165) is 12.8 Å². The number of aromatic nitrogens is 2. The van der Waals surface area contributed by atoms with Gasteiger partial charge in [-0.15, -0.1) is 0 Å². The van der Waals surface area contributed by atoms with Gasteiger partial charge >= 0.3 is 5.97 Å². The summed E-state index contributed by atoms with van der Waals surface area (Å²) in [6, 6.07) is 0.380. The Morgan fingerprint density at radius 2 is 2.21 bits per heavy atom. The Hall–Kier alpha value is -1.36. The third kappa shape index (κ3) is 3.80. The number of nitrogens with one attached hydrogen (secondary N) is 1. The molecule has 1 fully saturated rings. The van der Waals surface area contributed by atoms with Crippen molar-refractivity contribution in [2.24, 2.45) is 0 Å². The van der Waals surface area contributed by atoms with Crippen LogP contribution in [0.2, 0.25) is 5.02 Å². The summed E-state index contributed by atoms with van der Waals surface area (Å²) in [5, 5.41) is 3.47. The molecule has 1 aliphatic carbocycles. The van der Waals surface area contributed by atoms with Crippen LogP contribution in [0.1, 0.15) is 49.5 Å². The predicted molar refractivity (Wildman–Crippen MR) is 73.5 cm³/mol. The monoisotopic (exact) mass is 283 g/mol. The highest BCUT2D eigenvalue weighted by Crippen LogP contribution is 2.21. The largest absolute Gasteiger partial charge is 0.461 e. The molecule has 0 radical (unpaired) electrons. The summed E-state index contributed by atoms with van der Waals surface area (Å²) >= 11 is 5.92. The molecule has 5 nitrogen and oxygen atoms in total. The molecule has 0 saturated heterocycles. The summed E-state index contributed by atoms with van der Waals surface area (Å²) in [4.78, 5) is 20.0. The Labute approximate surface area is 117 Å². The van der Waals surface area contributed by atoms with Gasteiger partial charge in [-0.05, 0) is 19.8 Å². The van der Waals surface area contributed by atoms with Crippen LogP contribution >= 0.6 is 11.6 Å². The van der Waals surface area contributed by atoms with Crippen molar-refractivity contribution in [3.8, 4) is 0 Å². The van der Waals surface area contributed by atoms with Crippen LogP contribution in [-0.2, 0) is 4.74 Å². The van der Waals surface area contributed by atoms with Crippen molar-refractivity contribution in [3.05, 3.63) is 16.9 Å². The Balaban J connectivity index is 2.08. The molecule has 0 unspecified atom stereocenters. The molecule has 0 atom stereocenters. The maximum Gasteiger partial charge on any atom is 0.358 e. The Morgan fingerprint density at radius 1 is 1.47 bits per heavy atom. The van der Waals surface area contributed by atoms with Crippen molar-refractivity contribution in [1.29, 1.82) is 0 Å².